The standard InChI is InChI=1S/C34H70N/c1-4-5-6-7-8-9-10-11-12-13-16-19-22-25-30-35(32-27-28-33-35)31-26-23-20-17-14-15-18-21-24-29-34(2)3/h34H,4-33H2,1-3H3/q+1. The lowest BCUT2D eigenvalue weighted by Gasteiger charge is -2.34. The van der Waals surface area contributed by atoms with Gasteiger partial charge in [0.25, 0.3) is 0 Å². The second-order valence-corrected chi connectivity index (χ2v) is 12.9. The highest BCUT2D eigenvalue weighted by Gasteiger charge is 2.30. The third-order valence-electron chi connectivity index (χ3n) is 8.91. The Kier molecular flexibility index (Phi) is 22.9. The molecule has 0 N–H and O–H groups in total. The Bertz CT molecular complexity index is 409. The van der Waals surface area contributed by atoms with Crippen LogP contribution in [-0.4, -0.2) is 30.7 Å². The number of hydrogen-bond donors (Lipinski definition) is 0. The molecule has 0 amide bonds. The molecule has 1 fully saturated rings. The average Bonchev–Trinajstić information content (AvgIpc) is 3.31. The number of likely N-dealkylation sites (tertiary alicyclic amines) is 1. The summed E-state index contributed by atoms with van der Waals surface area (Å²) >= 11 is 0. The van der Waals surface area contributed by atoms with Crippen LogP contribution in [0.25, 0.3) is 0 Å². The highest BCUT2D eigenvalue weighted by Crippen LogP contribution is 2.23. The van der Waals surface area contributed by atoms with Gasteiger partial charge < -0.3 is 4.48 Å². The molecule has 1 aliphatic rings. The van der Waals surface area contributed by atoms with Crippen LogP contribution in [0.1, 0.15) is 188 Å². The summed E-state index contributed by atoms with van der Waals surface area (Å²) in [5.74, 6) is 0.894. The van der Waals surface area contributed by atoms with Gasteiger partial charge in [-0.1, -0.05) is 149 Å². The second kappa shape index (κ2) is 24.3. The molecule has 0 atom stereocenters. The van der Waals surface area contributed by atoms with Crippen LogP contribution in [0.5, 0.6) is 0 Å². The molecule has 0 aromatic rings. The predicted octanol–water partition coefficient (Wildman–Crippen LogP) is 11.6. The first-order valence-electron chi connectivity index (χ1n) is 17.0. The Morgan fingerprint density at radius 2 is 0.743 bits per heavy atom. The van der Waals surface area contributed by atoms with Gasteiger partial charge in [0.2, 0.25) is 0 Å². The maximum Gasteiger partial charge on any atom is 0.0788 e. The van der Waals surface area contributed by atoms with E-state index in [-0.39, 0.29) is 0 Å². The molecule has 210 valence electrons. The summed E-state index contributed by atoms with van der Waals surface area (Å²) in [5, 5.41) is 0. The van der Waals surface area contributed by atoms with Crippen molar-refractivity contribution >= 4 is 0 Å². The van der Waals surface area contributed by atoms with E-state index in [1.165, 1.54) is 198 Å². The van der Waals surface area contributed by atoms with Crippen molar-refractivity contribution in [2.24, 2.45) is 5.92 Å². The molecule has 0 spiro atoms. The van der Waals surface area contributed by atoms with Crippen molar-refractivity contribution in [3.05, 3.63) is 0 Å². The molecule has 0 saturated carbocycles. The van der Waals surface area contributed by atoms with Gasteiger partial charge in [0, 0.05) is 12.8 Å². The predicted molar refractivity (Wildman–Crippen MR) is 160 cm³/mol. The van der Waals surface area contributed by atoms with Crippen molar-refractivity contribution in [1.82, 2.24) is 0 Å². The van der Waals surface area contributed by atoms with Crippen molar-refractivity contribution in [2.45, 2.75) is 188 Å². The van der Waals surface area contributed by atoms with Gasteiger partial charge in [-0.15, -0.1) is 0 Å². The van der Waals surface area contributed by atoms with E-state index in [1.54, 1.807) is 0 Å². The third-order valence-corrected chi connectivity index (χ3v) is 8.91. The monoisotopic (exact) mass is 493 g/mol. The van der Waals surface area contributed by atoms with Gasteiger partial charge in [-0.3, -0.25) is 0 Å². The van der Waals surface area contributed by atoms with E-state index >= 15 is 0 Å². The number of quaternary nitrogens is 1. The van der Waals surface area contributed by atoms with E-state index in [2.05, 4.69) is 20.8 Å². The van der Waals surface area contributed by atoms with E-state index in [0.29, 0.717) is 0 Å². The summed E-state index contributed by atoms with van der Waals surface area (Å²) < 4.78 is 1.49. The molecule has 1 heterocycles. The molecule has 1 saturated heterocycles. The fraction of sp³-hybridized carbons (Fsp3) is 1.00. The average molecular weight is 493 g/mol. The molecule has 35 heavy (non-hydrogen) atoms. The Morgan fingerprint density at radius 3 is 1.09 bits per heavy atom. The van der Waals surface area contributed by atoms with Crippen molar-refractivity contribution in [3.63, 3.8) is 0 Å². The van der Waals surface area contributed by atoms with Crippen LogP contribution >= 0.6 is 0 Å². The van der Waals surface area contributed by atoms with E-state index < -0.39 is 0 Å². The number of unbranched alkanes of at least 4 members (excludes halogenated alkanes) is 21. The van der Waals surface area contributed by atoms with Gasteiger partial charge in [0.05, 0.1) is 26.2 Å². The number of nitrogens with zero attached hydrogens (tertiary/aromatic N) is 1. The van der Waals surface area contributed by atoms with Crippen molar-refractivity contribution in [1.29, 1.82) is 0 Å². The van der Waals surface area contributed by atoms with Gasteiger partial charge in [0.15, 0.2) is 0 Å². The maximum absolute atomic E-state index is 2.36. The molecular weight excluding hydrogens is 422 g/mol. The lowest BCUT2D eigenvalue weighted by atomic mass is 10.0. The van der Waals surface area contributed by atoms with Crippen LogP contribution < -0.4 is 0 Å². The smallest absolute Gasteiger partial charge is 0.0788 e. The number of rotatable bonds is 27. The van der Waals surface area contributed by atoms with Crippen LogP contribution in [0.2, 0.25) is 0 Å². The summed E-state index contributed by atoms with van der Waals surface area (Å²) in [7, 11) is 0. The van der Waals surface area contributed by atoms with Crippen LogP contribution in [0.15, 0.2) is 0 Å². The molecule has 0 aromatic carbocycles. The first-order valence-corrected chi connectivity index (χ1v) is 17.0. The normalized spacial score (nSPS) is 15.4. The second-order valence-electron chi connectivity index (χ2n) is 12.9. The van der Waals surface area contributed by atoms with Crippen molar-refractivity contribution in [2.75, 3.05) is 26.2 Å². The van der Waals surface area contributed by atoms with Gasteiger partial charge in [0.1, 0.15) is 0 Å². The molecule has 1 aliphatic heterocycles. The van der Waals surface area contributed by atoms with Crippen LogP contribution in [-0.2, 0) is 0 Å². The van der Waals surface area contributed by atoms with Gasteiger partial charge >= 0.3 is 0 Å². The van der Waals surface area contributed by atoms with E-state index in [1.807, 2.05) is 0 Å². The fourth-order valence-corrected chi connectivity index (χ4v) is 6.44. The summed E-state index contributed by atoms with van der Waals surface area (Å²) in [4.78, 5) is 0. The molecule has 0 unspecified atom stereocenters. The highest BCUT2D eigenvalue weighted by molar-refractivity contribution is 4.58. The maximum atomic E-state index is 2.36. The lowest BCUT2D eigenvalue weighted by molar-refractivity contribution is -0.917. The van der Waals surface area contributed by atoms with Crippen LogP contribution in [0.4, 0.5) is 0 Å². The summed E-state index contributed by atoms with van der Waals surface area (Å²) in [6.07, 6.45) is 38.4. The van der Waals surface area contributed by atoms with E-state index in [9.17, 15) is 0 Å². The first kappa shape index (κ1) is 33.0. The van der Waals surface area contributed by atoms with Crippen molar-refractivity contribution < 1.29 is 4.48 Å². The molecule has 0 radical (unpaired) electrons. The topological polar surface area (TPSA) is 0 Å². The zero-order valence-electron chi connectivity index (χ0n) is 25.2. The molecular formula is C34H70N+. The number of hydrogen-bond acceptors (Lipinski definition) is 0. The van der Waals surface area contributed by atoms with Crippen molar-refractivity contribution in [3.8, 4) is 0 Å². The van der Waals surface area contributed by atoms with Crippen LogP contribution in [0.3, 0.4) is 0 Å². The third kappa shape index (κ3) is 20.7. The first-order chi connectivity index (χ1) is 17.2. The van der Waals surface area contributed by atoms with Gasteiger partial charge in [-0.2, -0.15) is 0 Å². The van der Waals surface area contributed by atoms with Crippen LogP contribution in [0, 0.1) is 5.92 Å². The summed E-state index contributed by atoms with van der Waals surface area (Å²) in [6, 6.07) is 0. The summed E-state index contributed by atoms with van der Waals surface area (Å²) in [6.45, 7) is 13.0. The zero-order valence-corrected chi connectivity index (χ0v) is 25.2. The Hall–Kier alpha value is -0.0400. The molecule has 1 rings (SSSR count). The molecule has 0 aliphatic carbocycles. The minimum atomic E-state index is 0.894. The van der Waals surface area contributed by atoms with E-state index in [0.717, 1.165) is 5.92 Å². The molecule has 1 heteroatoms. The molecule has 0 bridgehead atoms. The Labute approximate surface area is 224 Å². The van der Waals surface area contributed by atoms with E-state index in [4.69, 9.17) is 0 Å². The fourth-order valence-electron chi connectivity index (χ4n) is 6.44. The molecule has 1 nitrogen and oxygen atoms in total. The zero-order chi connectivity index (χ0) is 25.3. The van der Waals surface area contributed by atoms with Gasteiger partial charge in [-0.25, -0.2) is 0 Å². The summed E-state index contributed by atoms with van der Waals surface area (Å²) in [5.41, 5.74) is 0. The lowest BCUT2D eigenvalue weighted by Crippen LogP contribution is -2.46. The minimum Gasteiger partial charge on any atom is -0.324 e. The largest absolute Gasteiger partial charge is 0.324 e. The highest BCUT2D eigenvalue weighted by atomic mass is 15.4. The Balaban J connectivity index is 1.90. The Morgan fingerprint density at radius 1 is 0.429 bits per heavy atom. The van der Waals surface area contributed by atoms with Gasteiger partial charge in [-0.05, 0) is 31.6 Å². The minimum absolute atomic E-state index is 0.894. The molecule has 0 aromatic heterocycles. The quantitative estimate of drug-likeness (QED) is 0.0789. The SMILES string of the molecule is CCCCCCCCCCCCCCCC[N+]1(CCCCCCCCCCCC(C)C)CCCC1.